The van der Waals surface area contributed by atoms with Crippen LogP contribution in [-0.4, -0.2) is 28.7 Å². The van der Waals surface area contributed by atoms with Gasteiger partial charge in [0.25, 0.3) is 5.69 Å². The number of nitro groups is 1. The molecule has 6 heteroatoms. The second-order valence-corrected chi connectivity index (χ2v) is 6.22. The highest BCUT2D eigenvalue weighted by atomic mass is 79.9. The average Bonchev–Trinajstić information content (AvgIpc) is 2.30. The summed E-state index contributed by atoms with van der Waals surface area (Å²) in [6.07, 6.45) is 1.70. The van der Waals surface area contributed by atoms with E-state index in [1.807, 2.05) is 13.0 Å². The summed E-state index contributed by atoms with van der Waals surface area (Å²) < 4.78 is 0.697. The van der Waals surface area contributed by atoms with E-state index in [1.54, 1.807) is 6.92 Å². The Morgan fingerprint density at radius 2 is 2.21 bits per heavy atom. The van der Waals surface area contributed by atoms with Gasteiger partial charge in [0.05, 0.1) is 16.2 Å². The number of hydrogen-bond acceptors (Lipinski definition) is 4. The number of nitrogens with zero attached hydrogens (tertiary/aromatic N) is 2. The predicted molar refractivity (Wildman–Crippen MR) is 77.6 cm³/mol. The number of rotatable bonds is 2. The number of hydrogen-bond donors (Lipinski definition) is 1. The van der Waals surface area contributed by atoms with Crippen molar-refractivity contribution in [3.8, 4) is 0 Å². The molecule has 0 spiro atoms. The minimum absolute atomic E-state index is 0.111. The first-order valence-electron chi connectivity index (χ1n) is 6.22. The van der Waals surface area contributed by atoms with E-state index in [2.05, 4.69) is 20.8 Å². The van der Waals surface area contributed by atoms with Crippen LogP contribution in [0, 0.1) is 17.0 Å². The zero-order valence-electron chi connectivity index (χ0n) is 11.0. The third-order valence-electron chi connectivity index (χ3n) is 3.48. The Labute approximate surface area is 120 Å². The number of anilines is 1. The molecule has 2 rings (SSSR count). The van der Waals surface area contributed by atoms with Gasteiger partial charge in [0.1, 0.15) is 0 Å². The van der Waals surface area contributed by atoms with Crippen LogP contribution in [0.2, 0.25) is 0 Å². The maximum absolute atomic E-state index is 10.9. The Morgan fingerprint density at radius 3 is 2.79 bits per heavy atom. The van der Waals surface area contributed by atoms with Gasteiger partial charge in [-0.05, 0) is 48.7 Å². The van der Waals surface area contributed by atoms with Crippen molar-refractivity contribution in [1.29, 1.82) is 0 Å². The molecule has 0 saturated carbocycles. The summed E-state index contributed by atoms with van der Waals surface area (Å²) in [5, 5.41) is 21.0. The standard InChI is InChI=1S/C13H17BrN2O3/c1-9-6-12(10(14)7-11(9)16(18)19)15-5-3-4-13(2,17)8-15/h6-7,17H,3-5,8H2,1-2H3. The van der Waals surface area contributed by atoms with E-state index in [1.165, 1.54) is 6.07 Å². The second kappa shape index (κ2) is 5.09. The van der Waals surface area contributed by atoms with Crippen LogP contribution in [0.3, 0.4) is 0 Å². The molecule has 1 aromatic carbocycles. The molecule has 0 bridgehead atoms. The Hall–Kier alpha value is -1.14. The molecular weight excluding hydrogens is 312 g/mol. The minimum Gasteiger partial charge on any atom is -0.388 e. The van der Waals surface area contributed by atoms with Crippen LogP contribution >= 0.6 is 15.9 Å². The topological polar surface area (TPSA) is 66.6 Å². The Kier molecular flexibility index (Phi) is 3.82. The van der Waals surface area contributed by atoms with E-state index >= 15 is 0 Å². The van der Waals surface area contributed by atoms with Crippen molar-refractivity contribution in [2.45, 2.75) is 32.3 Å². The molecule has 19 heavy (non-hydrogen) atoms. The fraction of sp³-hybridized carbons (Fsp3) is 0.538. The monoisotopic (exact) mass is 328 g/mol. The molecule has 0 aliphatic carbocycles. The van der Waals surface area contributed by atoms with Gasteiger partial charge in [-0.1, -0.05) is 0 Å². The summed E-state index contributed by atoms with van der Waals surface area (Å²) in [6.45, 7) is 4.95. The van der Waals surface area contributed by atoms with Gasteiger partial charge in [-0.3, -0.25) is 10.1 Å². The maximum atomic E-state index is 10.9. The van der Waals surface area contributed by atoms with Gasteiger partial charge in [0.2, 0.25) is 0 Å². The molecule has 1 atom stereocenters. The lowest BCUT2D eigenvalue weighted by atomic mass is 9.94. The highest BCUT2D eigenvalue weighted by molar-refractivity contribution is 9.10. The van der Waals surface area contributed by atoms with Crippen molar-refractivity contribution < 1.29 is 10.0 Å². The molecular formula is C13H17BrN2O3. The molecule has 1 aromatic rings. The quantitative estimate of drug-likeness (QED) is 0.669. The third-order valence-corrected chi connectivity index (χ3v) is 4.11. The van der Waals surface area contributed by atoms with E-state index < -0.39 is 5.60 Å². The van der Waals surface area contributed by atoms with E-state index in [9.17, 15) is 15.2 Å². The minimum atomic E-state index is -0.701. The lowest BCUT2D eigenvalue weighted by molar-refractivity contribution is -0.385. The normalized spacial score (nSPS) is 23.5. The van der Waals surface area contributed by atoms with Crippen molar-refractivity contribution in [3.05, 3.63) is 32.3 Å². The van der Waals surface area contributed by atoms with Crippen LogP contribution in [0.25, 0.3) is 0 Å². The van der Waals surface area contributed by atoms with Gasteiger partial charge >= 0.3 is 0 Å². The molecule has 104 valence electrons. The summed E-state index contributed by atoms with van der Waals surface area (Å²) in [6, 6.07) is 3.34. The molecule has 0 amide bonds. The Bertz CT molecular complexity index is 517. The molecule has 1 unspecified atom stereocenters. The van der Waals surface area contributed by atoms with Crippen molar-refractivity contribution in [3.63, 3.8) is 0 Å². The largest absolute Gasteiger partial charge is 0.388 e. The maximum Gasteiger partial charge on any atom is 0.273 e. The van der Waals surface area contributed by atoms with Gasteiger partial charge in [0.15, 0.2) is 0 Å². The summed E-state index contributed by atoms with van der Waals surface area (Å²) >= 11 is 3.39. The highest BCUT2D eigenvalue weighted by Gasteiger charge is 2.30. The lowest BCUT2D eigenvalue weighted by Gasteiger charge is -2.38. The number of benzene rings is 1. The molecule has 1 aliphatic heterocycles. The number of halogens is 1. The smallest absolute Gasteiger partial charge is 0.273 e. The average molecular weight is 329 g/mol. The van der Waals surface area contributed by atoms with Crippen LogP contribution in [-0.2, 0) is 0 Å². The van der Waals surface area contributed by atoms with Crippen LogP contribution in [0.1, 0.15) is 25.3 Å². The van der Waals surface area contributed by atoms with Gasteiger partial charge in [0, 0.05) is 29.2 Å². The first kappa shape index (κ1) is 14.3. The van der Waals surface area contributed by atoms with Gasteiger partial charge < -0.3 is 10.0 Å². The molecule has 1 saturated heterocycles. The summed E-state index contributed by atoms with van der Waals surface area (Å²) in [4.78, 5) is 12.6. The van der Waals surface area contributed by atoms with Crippen molar-refractivity contribution >= 4 is 27.3 Å². The highest BCUT2D eigenvalue weighted by Crippen LogP contribution is 2.35. The predicted octanol–water partition coefficient (Wildman–Crippen LogP) is 3.02. The number of aryl methyl sites for hydroxylation is 1. The summed E-state index contributed by atoms with van der Waals surface area (Å²) in [5.74, 6) is 0. The van der Waals surface area contributed by atoms with Gasteiger partial charge in [-0.25, -0.2) is 0 Å². The van der Waals surface area contributed by atoms with E-state index in [0.717, 1.165) is 25.1 Å². The molecule has 1 N–H and O–H groups in total. The third kappa shape index (κ3) is 3.06. The fourth-order valence-electron chi connectivity index (χ4n) is 2.52. The molecule has 1 heterocycles. The van der Waals surface area contributed by atoms with E-state index in [0.29, 0.717) is 16.6 Å². The van der Waals surface area contributed by atoms with E-state index in [-0.39, 0.29) is 10.6 Å². The summed E-state index contributed by atoms with van der Waals surface area (Å²) in [7, 11) is 0. The Balaban J connectivity index is 2.35. The fourth-order valence-corrected chi connectivity index (χ4v) is 3.10. The van der Waals surface area contributed by atoms with Crippen molar-refractivity contribution in [2.75, 3.05) is 18.0 Å². The van der Waals surface area contributed by atoms with Crippen molar-refractivity contribution in [2.24, 2.45) is 0 Å². The molecule has 0 radical (unpaired) electrons. The van der Waals surface area contributed by atoms with Crippen LogP contribution in [0.15, 0.2) is 16.6 Å². The SMILES string of the molecule is Cc1cc(N2CCCC(C)(O)C2)c(Br)cc1[N+](=O)[O-]. The molecule has 5 nitrogen and oxygen atoms in total. The zero-order chi connectivity index (χ0) is 14.2. The summed E-state index contributed by atoms with van der Waals surface area (Å²) in [5.41, 5.74) is 0.948. The Morgan fingerprint density at radius 1 is 1.53 bits per heavy atom. The molecule has 1 fully saturated rings. The van der Waals surface area contributed by atoms with Crippen LogP contribution in [0.4, 0.5) is 11.4 Å². The number of β-amino-alcohol motifs (C(OH)–C–C–N with tert-alkyl or cyclic N) is 1. The molecule has 0 aromatic heterocycles. The van der Waals surface area contributed by atoms with Crippen LogP contribution < -0.4 is 4.90 Å². The zero-order valence-corrected chi connectivity index (χ0v) is 12.6. The molecule has 1 aliphatic rings. The first-order chi connectivity index (χ1) is 8.80. The van der Waals surface area contributed by atoms with E-state index in [4.69, 9.17) is 0 Å². The number of aliphatic hydroxyl groups is 1. The second-order valence-electron chi connectivity index (χ2n) is 5.37. The van der Waals surface area contributed by atoms with Crippen LogP contribution in [0.5, 0.6) is 0 Å². The van der Waals surface area contributed by atoms with Gasteiger partial charge in [-0.15, -0.1) is 0 Å². The van der Waals surface area contributed by atoms with Gasteiger partial charge in [-0.2, -0.15) is 0 Å². The first-order valence-corrected chi connectivity index (χ1v) is 7.01. The number of nitro benzene ring substituents is 1. The lowest BCUT2D eigenvalue weighted by Crippen LogP contribution is -2.46. The number of piperidine rings is 1. The van der Waals surface area contributed by atoms with Crippen molar-refractivity contribution in [1.82, 2.24) is 0 Å².